The molecule has 4 heteroatoms. The first-order chi connectivity index (χ1) is 10.4. The molecule has 0 saturated carbocycles. The molecule has 22 heavy (non-hydrogen) atoms. The van der Waals surface area contributed by atoms with Crippen molar-refractivity contribution < 1.29 is 9.53 Å². The van der Waals surface area contributed by atoms with Gasteiger partial charge in [-0.25, -0.2) is 4.79 Å². The van der Waals surface area contributed by atoms with Gasteiger partial charge in [0, 0.05) is 23.5 Å². The van der Waals surface area contributed by atoms with E-state index in [4.69, 9.17) is 4.74 Å². The van der Waals surface area contributed by atoms with Gasteiger partial charge in [0.2, 0.25) is 0 Å². The van der Waals surface area contributed by atoms with E-state index in [1.165, 1.54) is 7.11 Å². The molecule has 0 aliphatic rings. The van der Waals surface area contributed by atoms with E-state index in [2.05, 4.69) is 49.8 Å². The second-order valence-electron chi connectivity index (χ2n) is 6.18. The van der Waals surface area contributed by atoms with Crippen molar-refractivity contribution >= 4 is 5.97 Å². The highest BCUT2D eigenvalue weighted by atomic mass is 16.5. The molecule has 116 valence electrons. The van der Waals surface area contributed by atoms with Crippen LogP contribution >= 0.6 is 0 Å². The summed E-state index contributed by atoms with van der Waals surface area (Å²) in [6.07, 6.45) is 3.46. The number of aromatic nitrogens is 2. The maximum Gasteiger partial charge on any atom is 0.339 e. The van der Waals surface area contributed by atoms with E-state index >= 15 is 0 Å². The largest absolute Gasteiger partial charge is 0.465 e. The molecule has 0 atom stereocenters. The average Bonchev–Trinajstić information content (AvgIpc) is 2.54. The molecule has 0 radical (unpaired) electrons. The van der Waals surface area contributed by atoms with Crippen LogP contribution in [-0.4, -0.2) is 23.0 Å². The normalized spacial score (nSPS) is 11.5. The number of nitrogens with zero attached hydrogens (tertiary/aromatic N) is 2. The third-order valence-electron chi connectivity index (χ3n) is 3.92. The summed E-state index contributed by atoms with van der Waals surface area (Å²) in [5.74, 6) is 0.0365. The Balaban J connectivity index is 2.31. The summed E-state index contributed by atoms with van der Waals surface area (Å²) < 4.78 is 4.69. The van der Waals surface area contributed by atoms with Gasteiger partial charge in [-0.1, -0.05) is 33.8 Å². The third kappa shape index (κ3) is 3.16. The van der Waals surface area contributed by atoms with Gasteiger partial charge in [0.1, 0.15) is 0 Å². The summed E-state index contributed by atoms with van der Waals surface area (Å²) in [4.78, 5) is 20.4. The molecule has 2 aromatic heterocycles. The van der Waals surface area contributed by atoms with Gasteiger partial charge in [0.25, 0.3) is 0 Å². The molecule has 0 aromatic carbocycles. The predicted molar refractivity (Wildman–Crippen MR) is 86.0 cm³/mol. The van der Waals surface area contributed by atoms with Crippen molar-refractivity contribution in [2.75, 3.05) is 7.11 Å². The van der Waals surface area contributed by atoms with E-state index in [-0.39, 0.29) is 11.4 Å². The third-order valence-corrected chi connectivity index (χ3v) is 3.92. The summed E-state index contributed by atoms with van der Waals surface area (Å²) in [5.41, 5.74) is 3.23. The molecule has 0 fully saturated rings. The zero-order chi connectivity index (χ0) is 16.3. The molecule has 0 bridgehead atoms. The van der Waals surface area contributed by atoms with Gasteiger partial charge in [-0.3, -0.25) is 9.97 Å². The summed E-state index contributed by atoms with van der Waals surface area (Å²) >= 11 is 0. The maximum atomic E-state index is 11.5. The van der Waals surface area contributed by atoms with Crippen LogP contribution in [0.4, 0.5) is 0 Å². The predicted octanol–water partition coefficient (Wildman–Crippen LogP) is 3.71. The Labute approximate surface area is 131 Å². The van der Waals surface area contributed by atoms with Crippen molar-refractivity contribution in [3.05, 3.63) is 59.2 Å². The molecule has 0 amide bonds. The fraction of sp³-hybridized carbons (Fsp3) is 0.389. The number of hydrogen-bond acceptors (Lipinski definition) is 4. The van der Waals surface area contributed by atoms with E-state index in [1.54, 1.807) is 12.3 Å². The fourth-order valence-electron chi connectivity index (χ4n) is 2.27. The standard InChI is InChI=1S/C18H22N2O2/c1-12(2)15-8-7-14(11-19-15)18(3,4)16-9-6-13(10-20-16)17(21)22-5/h6-12H,1-5H3. The highest BCUT2D eigenvalue weighted by Gasteiger charge is 2.25. The molecule has 0 aliphatic heterocycles. The average molecular weight is 298 g/mol. The first kappa shape index (κ1) is 16.1. The van der Waals surface area contributed by atoms with Crippen molar-refractivity contribution in [3.8, 4) is 0 Å². The van der Waals surface area contributed by atoms with E-state index in [0.717, 1.165) is 17.0 Å². The van der Waals surface area contributed by atoms with Crippen molar-refractivity contribution in [1.29, 1.82) is 0 Å². The zero-order valence-corrected chi connectivity index (χ0v) is 13.8. The van der Waals surface area contributed by atoms with Gasteiger partial charge < -0.3 is 4.74 Å². The molecule has 0 saturated heterocycles. The summed E-state index contributed by atoms with van der Waals surface area (Å²) in [6, 6.07) is 7.76. The van der Waals surface area contributed by atoms with Crippen molar-refractivity contribution in [2.24, 2.45) is 0 Å². The molecule has 0 unspecified atom stereocenters. The van der Waals surface area contributed by atoms with Crippen LogP contribution in [0.1, 0.15) is 60.9 Å². The fourth-order valence-corrected chi connectivity index (χ4v) is 2.27. The van der Waals surface area contributed by atoms with Crippen molar-refractivity contribution in [2.45, 2.75) is 39.0 Å². The second-order valence-corrected chi connectivity index (χ2v) is 6.18. The maximum absolute atomic E-state index is 11.5. The minimum absolute atomic E-state index is 0.281. The van der Waals surface area contributed by atoms with E-state index in [0.29, 0.717) is 11.5 Å². The van der Waals surface area contributed by atoms with Gasteiger partial charge in [-0.2, -0.15) is 0 Å². The lowest BCUT2D eigenvalue weighted by molar-refractivity contribution is 0.0600. The summed E-state index contributed by atoms with van der Waals surface area (Å²) in [7, 11) is 1.36. The van der Waals surface area contributed by atoms with Crippen LogP contribution in [-0.2, 0) is 10.2 Å². The lowest BCUT2D eigenvalue weighted by Gasteiger charge is -2.25. The molecular formula is C18H22N2O2. The van der Waals surface area contributed by atoms with E-state index in [9.17, 15) is 4.79 Å². The van der Waals surface area contributed by atoms with Crippen molar-refractivity contribution in [3.63, 3.8) is 0 Å². The van der Waals surface area contributed by atoms with Gasteiger partial charge in [0.05, 0.1) is 18.4 Å². The van der Waals surface area contributed by atoms with E-state index < -0.39 is 0 Å². The van der Waals surface area contributed by atoms with E-state index in [1.807, 2.05) is 12.3 Å². The zero-order valence-electron chi connectivity index (χ0n) is 13.8. The smallest absolute Gasteiger partial charge is 0.339 e. The molecule has 0 N–H and O–H groups in total. The Hall–Kier alpha value is -2.23. The van der Waals surface area contributed by atoms with Crippen LogP contribution in [0.25, 0.3) is 0 Å². The Morgan fingerprint density at radius 2 is 1.82 bits per heavy atom. The molecule has 2 aromatic rings. The van der Waals surface area contributed by atoms with Gasteiger partial charge >= 0.3 is 5.97 Å². The van der Waals surface area contributed by atoms with Crippen LogP contribution in [0.3, 0.4) is 0 Å². The topological polar surface area (TPSA) is 52.1 Å². The van der Waals surface area contributed by atoms with Crippen LogP contribution in [0.2, 0.25) is 0 Å². The number of pyridine rings is 2. The molecule has 2 rings (SSSR count). The first-order valence-electron chi connectivity index (χ1n) is 7.37. The number of methoxy groups -OCH3 is 1. The Morgan fingerprint density at radius 3 is 2.27 bits per heavy atom. The minimum Gasteiger partial charge on any atom is -0.465 e. The second kappa shape index (κ2) is 6.26. The number of rotatable bonds is 4. The lowest BCUT2D eigenvalue weighted by Crippen LogP contribution is -2.21. The highest BCUT2D eigenvalue weighted by molar-refractivity contribution is 5.88. The van der Waals surface area contributed by atoms with Gasteiger partial charge in [0.15, 0.2) is 0 Å². The van der Waals surface area contributed by atoms with Crippen LogP contribution < -0.4 is 0 Å². The Kier molecular flexibility index (Phi) is 4.59. The Bertz CT molecular complexity index is 644. The lowest BCUT2D eigenvalue weighted by atomic mass is 9.81. The number of carbonyl (C=O) groups is 1. The quantitative estimate of drug-likeness (QED) is 0.807. The monoisotopic (exact) mass is 298 g/mol. The molecular weight excluding hydrogens is 276 g/mol. The Morgan fingerprint density at radius 1 is 1.09 bits per heavy atom. The highest BCUT2D eigenvalue weighted by Crippen LogP contribution is 2.30. The number of ether oxygens (including phenoxy) is 1. The number of carbonyl (C=O) groups excluding carboxylic acids is 1. The van der Waals surface area contributed by atoms with Gasteiger partial charge in [-0.15, -0.1) is 0 Å². The molecule has 4 nitrogen and oxygen atoms in total. The van der Waals surface area contributed by atoms with Gasteiger partial charge in [-0.05, 0) is 29.7 Å². The number of hydrogen-bond donors (Lipinski definition) is 0. The van der Waals surface area contributed by atoms with Crippen LogP contribution in [0.5, 0.6) is 0 Å². The van der Waals surface area contributed by atoms with Crippen LogP contribution in [0, 0.1) is 0 Å². The molecule has 2 heterocycles. The molecule has 0 spiro atoms. The summed E-state index contributed by atoms with van der Waals surface area (Å²) in [6.45, 7) is 8.44. The SMILES string of the molecule is COC(=O)c1ccc(C(C)(C)c2ccc(C(C)C)nc2)nc1. The minimum atomic E-state index is -0.375. The number of esters is 1. The first-order valence-corrected chi connectivity index (χ1v) is 7.37. The van der Waals surface area contributed by atoms with Crippen molar-refractivity contribution in [1.82, 2.24) is 9.97 Å². The molecule has 0 aliphatic carbocycles. The summed E-state index contributed by atoms with van der Waals surface area (Å²) in [5, 5.41) is 0. The van der Waals surface area contributed by atoms with Crippen LogP contribution in [0.15, 0.2) is 36.7 Å².